The summed E-state index contributed by atoms with van der Waals surface area (Å²) in [5.41, 5.74) is -0.932. The minimum absolute atomic E-state index is 0.0292. The number of nitro groups is 2. The molecule has 0 fully saturated rings. The summed E-state index contributed by atoms with van der Waals surface area (Å²) in [5, 5.41) is 35.2. The molecule has 0 saturated heterocycles. The lowest BCUT2D eigenvalue weighted by Gasteiger charge is -2.31. The number of anilines is 1. The van der Waals surface area contributed by atoms with E-state index in [2.05, 4.69) is 20.8 Å². The van der Waals surface area contributed by atoms with Gasteiger partial charge in [0, 0.05) is 24.3 Å². The number of carbonyl (C=O) groups excluding carboxylic acids is 1. The van der Waals surface area contributed by atoms with Crippen molar-refractivity contribution in [2.75, 3.05) is 5.32 Å². The van der Waals surface area contributed by atoms with Gasteiger partial charge in [-0.05, 0) is 50.3 Å². The third-order valence-electron chi connectivity index (χ3n) is 5.09. The van der Waals surface area contributed by atoms with E-state index in [4.69, 9.17) is 9.47 Å². The first-order chi connectivity index (χ1) is 15.9. The summed E-state index contributed by atoms with van der Waals surface area (Å²) >= 11 is 0. The van der Waals surface area contributed by atoms with Gasteiger partial charge in [0.15, 0.2) is 17.0 Å². The Bertz CT molecular complexity index is 1330. The highest BCUT2D eigenvalue weighted by molar-refractivity contribution is 6.00. The van der Waals surface area contributed by atoms with Crippen molar-refractivity contribution in [3.8, 4) is 17.2 Å². The van der Waals surface area contributed by atoms with Crippen LogP contribution in [-0.4, -0.2) is 41.6 Å². The zero-order chi connectivity index (χ0) is 24.8. The molecule has 3 heterocycles. The van der Waals surface area contributed by atoms with Crippen LogP contribution in [0.25, 0.3) is 5.69 Å². The quantitative estimate of drug-likeness (QED) is 0.433. The first-order valence-corrected chi connectivity index (χ1v) is 9.95. The van der Waals surface area contributed by atoms with Crippen LogP contribution in [0.4, 0.5) is 17.1 Å². The van der Waals surface area contributed by atoms with E-state index in [0.717, 1.165) is 0 Å². The number of fused-ring (bicyclic) bond motifs is 4. The van der Waals surface area contributed by atoms with Gasteiger partial charge in [-0.3, -0.25) is 25.0 Å². The van der Waals surface area contributed by atoms with Gasteiger partial charge >= 0.3 is 0 Å². The fraction of sp³-hybridized carbons (Fsp3) is 0.300. The van der Waals surface area contributed by atoms with E-state index in [1.54, 1.807) is 19.9 Å². The molecule has 0 atom stereocenters. The van der Waals surface area contributed by atoms with Crippen LogP contribution in [-0.2, 0) is 10.4 Å². The van der Waals surface area contributed by atoms with E-state index in [9.17, 15) is 25.0 Å². The molecule has 14 heteroatoms. The minimum Gasteiger partial charge on any atom is -0.478 e. The lowest BCUT2D eigenvalue weighted by molar-refractivity contribution is -0.385. The van der Waals surface area contributed by atoms with Crippen LogP contribution in [0.2, 0.25) is 0 Å². The predicted octanol–water partition coefficient (Wildman–Crippen LogP) is 2.90. The van der Waals surface area contributed by atoms with Gasteiger partial charge in [-0.25, -0.2) is 0 Å². The predicted molar refractivity (Wildman–Crippen MR) is 116 cm³/mol. The summed E-state index contributed by atoms with van der Waals surface area (Å²) in [6.07, 6.45) is 0. The van der Waals surface area contributed by atoms with E-state index < -0.39 is 21.0 Å². The summed E-state index contributed by atoms with van der Waals surface area (Å²) in [5.74, 6) is 1.15. The van der Waals surface area contributed by atoms with Crippen molar-refractivity contribution in [3.05, 3.63) is 62.5 Å². The van der Waals surface area contributed by atoms with E-state index in [1.165, 1.54) is 35.0 Å². The highest BCUT2D eigenvalue weighted by Crippen LogP contribution is 2.38. The number of nitro benzene ring substituents is 2. The summed E-state index contributed by atoms with van der Waals surface area (Å²) in [6, 6.07) is 8.44. The molecule has 2 aliphatic heterocycles. The maximum Gasteiger partial charge on any atom is 0.271 e. The van der Waals surface area contributed by atoms with Crippen LogP contribution in [0.1, 0.15) is 33.5 Å². The van der Waals surface area contributed by atoms with Gasteiger partial charge in [0.1, 0.15) is 17.2 Å². The lowest BCUT2D eigenvalue weighted by Crippen LogP contribution is -2.45. The molecule has 2 aliphatic rings. The number of hydrogen-bond donors (Lipinski definition) is 1. The normalized spacial score (nSPS) is 16.2. The summed E-state index contributed by atoms with van der Waals surface area (Å²) in [7, 11) is 0. The van der Waals surface area contributed by atoms with Gasteiger partial charge < -0.3 is 14.8 Å². The number of aromatic nitrogens is 4. The number of benzene rings is 2. The zero-order valence-corrected chi connectivity index (χ0v) is 18.5. The Kier molecular flexibility index (Phi) is 5.15. The first kappa shape index (κ1) is 22.6. The average molecular weight is 469 g/mol. The highest BCUT2D eigenvalue weighted by atomic mass is 16.6. The molecule has 3 aromatic rings. The van der Waals surface area contributed by atoms with Gasteiger partial charge in [-0.15, -0.1) is 5.10 Å². The molecule has 0 unspecified atom stereocenters. The third-order valence-corrected chi connectivity index (χ3v) is 5.09. The number of rotatable bonds is 2. The molecule has 176 valence electrons. The fourth-order valence-corrected chi connectivity index (χ4v) is 3.33. The Morgan fingerprint density at radius 2 is 1.50 bits per heavy atom. The van der Waals surface area contributed by atoms with Crippen molar-refractivity contribution < 1.29 is 24.1 Å². The molecule has 0 bridgehead atoms. The number of ether oxygens (including phenoxy) is 2. The number of tetrazole rings is 1. The molecule has 0 spiro atoms. The molecule has 5 rings (SSSR count). The molecule has 14 nitrogen and oxygen atoms in total. The van der Waals surface area contributed by atoms with Crippen molar-refractivity contribution in [1.29, 1.82) is 0 Å². The Balaban J connectivity index is 0.000000162. The Morgan fingerprint density at radius 1 is 0.912 bits per heavy atom. The Labute approximate surface area is 191 Å². The van der Waals surface area contributed by atoms with Crippen LogP contribution in [0.15, 0.2) is 36.4 Å². The maximum atomic E-state index is 11.6. The molecule has 1 N–H and O–H groups in total. The fourth-order valence-electron chi connectivity index (χ4n) is 3.33. The number of amides is 1. The van der Waals surface area contributed by atoms with Crippen LogP contribution < -0.4 is 14.8 Å². The number of carbonyl (C=O) groups is 1. The van der Waals surface area contributed by atoms with Crippen LogP contribution in [0, 0.1) is 20.2 Å². The second-order valence-electron chi connectivity index (χ2n) is 8.44. The van der Waals surface area contributed by atoms with E-state index in [1.807, 2.05) is 13.8 Å². The summed E-state index contributed by atoms with van der Waals surface area (Å²) < 4.78 is 12.6. The number of non-ortho nitro benzene ring substituents is 2. The molecule has 1 amide bonds. The van der Waals surface area contributed by atoms with Gasteiger partial charge in [-0.2, -0.15) is 4.68 Å². The number of nitrogens with zero attached hydrogens (tertiary/aromatic N) is 6. The van der Waals surface area contributed by atoms with Gasteiger partial charge in [0.25, 0.3) is 17.3 Å². The zero-order valence-electron chi connectivity index (χ0n) is 18.5. The maximum absolute atomic E-state index is 11.6. The Morgan fingerprint density at radius 3 is 2.15 bits per heavy atom. The van der Waals surface area contributed by atoms with Gasteiger partial charge in [0.2, 0.25) is 0 Å². The second-order valence-corrected chi connectivity index (χ2v) is 8.44. The van der Waals surface area contributed by atoms with E-state index in [0.29, 0.717) is 28.7 Å². The third kappa shape index (κ3) is 3.96. The molecular weight excluding hydrogens is 450 g/mol. The SMILES string of the molecule is CC1(C)Oc2ccc([N+](=O)[O-])cc2-n2nnnc21.CC1(C)Oc2ccc([N+](=O)[O-])cc2NC1=O. The van der Waals surface area contributed by atoms with Gasteiger partial charge in [0.05, 0.1) is 15.5 Å². The molecular formula is C20H19N7O7. The second kappa shape index (κ2) is 7.75. The smallest absolute Gasteiger partial charge is 0.271 e. The molecule has 0 radical (unpaired) electrons. The molecule has 34 heavy (non-hydrogen) atoms. The van der Waals surface area contributed by atoms with Gasteiger partial charge in [-0.1, -0.05) is 0 Å². The van der Waals surface area contributed by atoms with Crippen LogP contribution in [0.5, 0.6) is 11.5 Å². The van der Waals surface area contributed by atoms with Crippen molar-refractivity contribution >= 4 is 23.0 Å². The summed E-state index contributed by atoms with van der Waals surface area (Å²) in [6.45, 7) is 6.93. The topological polar surface area (TPSA) is 177 Å². The lowest BCUT2D eigenvalue weighted by atomic mass is 10.1. The number of nitrogens with one attached hydrogen (secondary N) is 1. The van der Waals surface area contributed by atoms with E-state index >= 15 is 0 Å². The Hall–Kier alpha value is -4.62. The minimum atomic E-state index is -0.955. The van der Waals surface area contributed by atoms with Crippen molar-refractivity contribution in [1.82, 2.24) is 20.2 Å². The van der Waals surface area contributed by atoms with Crippen molar-refractivity contribution in [2.45, 2.75) is 38.9 Å². The van der Waals surface area contributed by atoms with Crippen molar-refractivity contribution in [2.24, 2.45) is 0 Å². The number of hydrogen-bond acceptors (Lipinski definition) is 10. The molecule has 0 aliphatic carbocycles. The average Bonchev–Trinajstić information content (AvgIpc) is 3.25. The molecule has 0 saturated carbocycles. The van der Waals surface area contributed by atoms with Crippen LogP contribution in [0.3, 0.4) is 0 Å². The largest absolute Gasteiger partial charge is 0.478 e. The standard InChI is InChI=1S/C10H9N5O3.C10H10N2O4/c1-10(2)9-11-12-13-14(9)7-5-6(15(16)17)3-4-8(7)18-10;1-10(2)9(13)11-7-5-6(12(14)15)3-4-8(7)16-10/h3-5H,1-2H3;3-5H,1-2H3,(H,11,13). The first-order valence-electron chi connectivity index (χ1n) is 9.95. The van der Waals surface area contributed by atoms with Crippen LogP contribution >= 0.6 is 0 Å². The highest BCUT2D eigenvalue weighted by Gasteiger charge is 2.37. The van der Waals surface area contributed by atoms with E-state index in [-0.39, 0.29) is 17.3 Å². The monoisotopic (exact) mass is 469 g/mol. The van der Waals surface area contributed by atoms with Crippen molar-refractivity contribution in [3.63, 3.8) is 0 Å². The molecule has 1 aromatic heterocycles. The molecule has 2 aromatic carbocycles. The summed E-state index contributed by atoms with van der Waals surface area (Å²) in [4.78, 5) is 31.9.